The van der Waals surface area contributed by atoms with Gasteiger partial charge in [0.2, 0.25) is 0 Å². The van der Waals surface area contributed by atoms with Crippen LogP contribution < -0.4 is 0 Å². The number of hydrogen-bond donors (Lipinski definition) is 2. The first-order valence-electron chi connectivity index (χ1n) is 3.65. The average molecular weight is 128 g/mol. The van der Waals surface area contributed by atoms with Crippen LogP contribution in [0.3, 0.4) is 0 Å². The van der Waals surface area contributed by atoms with Gasteiger partial charge >= 0.3 is 0 Å². The molecule has 2 heteroatoms. The second kappa shape index (κ2) is 1.70. The van der Waals surface area contributed by atoms with E-state index in [4.69, 9.17) is 0 Å². The average Bonchev–Trinajstić information content (AvgIpc) is 2.37. The molecule has 2 fully saturated rings. The molecule has 2 aliphatic rings. The van der Waals surface area contributed by atoms with E-state index in [0.717, 1.165) is 19.3 Å². The van der Waals surface area contributed by atoms with Crippen molar-refractivity contribution in [3.8, 4) is 0 Å². The van der Waals surface area contributed by atoms with Crippen molar-refractivity contribution < 1.29 is 10.2 Å². The summed E-state index contributed by atoms with van der Waals surface area (Å²) in [6, 6.07) is 0. The van der Waals surface area contributed by atoms with Gasteiger partial charge in [0.1, 0.15) is 0 Å². The molecular formula is C7H12O2. The molecule has 2 saturated carbocycles. The van der Waals surface area contributed by atoms with Crippen LogP contribution in [0.15, 0.2) is 0 Å². The van der Waals surface area contributed by atoms with Gasteiger partial charge in [0.05, 0.1) is 12.2 Å². The monoisotopic (exact) mass is 128 g/mol. The van der Waals surface area contributed by atoms with Gasteiger partial charge in [-0.05, 0) is 31.1 Å². The Morgan fingerprint density at radius 3 is 1.56 bits per heavy atom. The van der Waals surface area contributed by atoms with Gasteiger partial charge in [0.25, 0.3) is 0 Å². The zero-order valence-corrected chi connectivity index (χ0v) is 5.33. The molecule has 0 aliphatic heterocycles. The molecule has 0 spiro atoms. The molecule has 0 heterocycles. The van der Waals surface area contributed by atoms with Gasteiger partial charge in [-0.15, -0.1) is 0 Å². The number of aliphatic hydroxyl groups excluding tert-OH is 2. The minimum Gasteiger partial charge on any atom is -0.390 e. The predicted octanol–water partition coefficient (Wildman–Crippen LogP) is 0.138. The summed E-state index contributed by atoms with van der Waals surface area (Å²) in [5, 5.41) is 18.5. The second-order valence-electron chi connectivity index (χ2n) is 3.31. The third-order valence-corrected chi connectivity index (χ3v) is 2.83. The van der Waals surface area contributed by atoms with Crippen LogP contribution >= 0.6 is 0 Å². The molecule has 0 aromatic rings. The van der Waals surface area contributed by atoms with Crippen molar-refractivity contribution in [2.24, 2.45) is 11.8 Å². The van der Waals surface area contributed by atoms with E-state index < -0.39 is 12.2 Å². The van der Waals surface area contributed by atoms with Crippen molar-refractivity contribution in [3.63, 3.8) is 0 Å². The normalized spacial score (nSPS) is 56.7. The topological polar surface area (TPSA) is 40.5 Å². The van der Waals surface area contributed by atoms with Gasteiger partial charge in [0, 0.05) is 0 Å². The van der Waals surface area contributed by atoms with Gasteiger partial charge in [0.15, 0.2) is 0 Å². The van der Waals surface area contributed by atoms with E-state index in [1.807, 2.05) is 0 Å². The van der Waals surface area contributed by atoms with E-state index in [-0.39, 0.29) is 0 Å². The Morgan fingerprint density at radius 2 is 1.33 bits per heavy atom. The zero-order chi connectivity index (χ0) is 6.43. The van der Waals surface area contributed by atoms with Crippen LogP contribution in [-0.2, 0) is 0 Å². The lowest BCUT2D eigenvalue weighted by atomic mass is 9.95. The number of hydrogen-bond acceptors (Lipinski definition) is 2. The highest BCUT2D eigenvalue weighted by atomic mass is 16.3. The van der Waals surface area contributed by atoms with Crippen LogP contribution in [0.2, 0.25) is 0 Å². The summed E-state index contributed by atoms with van der Waals surface area (Å²) in [7, 11) is 0. The minimum absolute atomic E-state index is 0.399. The van der Waals surface area contributed by atoms with Gasteiger partial charge in [-0.25, -0.2) is 0 Å². The standard InChI is InChI=1S/C7H12O2/c8-6-4-1-2-5(3-4)7(6)9/h4-9H,1-3H2/t4-,5+,6-,7-/m1/s1. The fourth-order valence-electron chi connectivity index (χ4n) is 2.23. The Labute approximate surface area is 54.5 Å². The predicted molar refractivity (Wildman–Crippen MR) is 32.8 cm³/mol. The molecule has 0 aromatic heterocycles. The van der Waals surface area contributed by atoms with Crippen LogP contribution in [0.5, 0.6) is 0 Å². The van der Waals surface area contributed by atoms with E-state index >= 15 is 0 Å². The lowest BCUT2D eigenvalue weighted by molar-refractivity contribution is -0.0160. The molecule has 2 N–H and O–H groups in total. The Hall–Kier alpha value is -0.0800. The molecule has 0 aromatic carbocycles. The molecule has 2 aliphatic carbocycles. The molecule has 0 saturated heterocycles. The molecule has 0 unspecified atom stereocenters. The molecule has 0 radical (unpaired) electrons. The van der Waals surface area contributed by atoms with E-state index in [0.29, 0.717) is 11.8 Å². The molecular weight excluding hydrogens is 116 g/mol. The summed E-state index contributed by atoms with van der Waals surface area (Å²) in [6.07, 6.45) is 2.51. The first-order valence-corrected chi connectivity index (χ1v) is 3.65. The summed E-state index contributed by atoms with van der Waals surface area (Å²) in [6.45, 7) is 0. The van der Waals surface area contributed by atoms with Crippen molar-refractivity contribution in [1.29, 1.82) is 0 Å². The summed E-state index contributed by atoms with van der Waals surface area (Å²) < 4.78 is 0. The van der Waals surface area contributed by atoms with Crippen LogP contribution in [0.1, 0.15) is 19.3 Å². The molecule has 2 nitrogen and oxygen atoms in total. The molecule has 2 bridgehead atoms. The van der Waals surface area contributed by atoms with Crippen molar-refractivity contribution in [1.82, 2.24) is 0 Å². The fourth-order valence-corrected chi connectivity index (χ4v) is 2.23. The maximum absolute atomic E-state index is 9.24. The first-order chi connectivity index (χ1) is 4.29. The molecule has 0 amide bonds. The van der Waals surface area contributed by atoms with Crippen LogP contribution in [0, 0.1) is 11.8 Å². The van der Waals surface area contributed by atoms with Gasteiger partial charge in [-0.2, -0.15) is 0 Å². The van der Waals surface area contributed by atoms with Crippen molar-refractivity contribution in [2.75, 3.05) is 0 Å². The first kappa shape index (κ1) is 5.69. The van der Waals surface area contributed by atoms with Crippen molar-refractivity contribution in [2.45, 2.75) is 31.5 Å². The second-order valence-corrected chi connectivity index (χ2v) is 3.31. The van der Waals surface area contributed by atoms with Gasteiger partial charge < -0.3 is 10.2 Å². The third kappa shape index (κ3) is 0.634. The fraction of sp³-hybridized carbons (Fsp3) is 1.00. The summed E-state index contributed by atoms with van der Waals surface area (Å²) in [4.78, 5) is 0. The number of rotatable bonds is 0. The maximum atomic E-state index is 9.24. The van der Waals surface area contributed by atoms with E-state index in [2.05, 4.69) is 0 Å². The van der Waals surface area contributed by atoms with Gasteiger partial charge in [-0.1, -0.05) is 0 Å². The highest BCUT2D eigenvalue weighted by molar-refractivity contribution is 4.96. The SMILES string of the molecule is O[C@@H]1[C@@H]2CC[C@@H](C2)[C@H]1O. The van der Waals surface area contributed by atoms with Crippen molar-refractivity contribution >= 4 is 0 Å². The lowest BCUT2D eigenvalue weighted by Crippen LogP contribution is -2.31. The molecule has 9 heavy (non-hydrogen) atoms. The molecule has 4 atom stereocenters. The van der Waals surface area contributed by atoms with E-state index in [1.165, 1.54) is 0 Å². The van der Waals surface area contributed by atoms with Crippen LogP contribution in [-0.4, -0.2) is 22.4 Å². The maximum Gasteiger partial charge on any atom is 0.0830 e. The van der Waals surface area contributed by atoms with Crippen LogP contribution in [0.25, 0.3) is 0 Å². The minimum atomic E-state index is -0.399. The number of fused-ring (bicyclic) bond motifs is 2. The summed E-state index contributed by atoms with van der Waals surface area (Å²) in [5.41, 5.74) is 0. The quantitative estimate of drug-likeness (QED) is 0.487. The van der Waals surface area contributed by atoms with Crippen molar-refractivity contribution in [3.05, 3.63) is 0 Å². The highest BCUT2D eigenvalue weighted by Crippen LogP contribution is 2.44. The third-order valence-electron chi connectivity index (χ3n) is 2.83. The largest absolute Gasteiger partial charge is 0.390 e. The zero-order valence-electron chi connectivity index (χ0n) is 5.33. The lowest BCUT2D eigenvalue weighted by Gasteiger charge is -2.21. The number of aliphatic hydroxyl groups is 2. The summed E-state index contributed by atoms with van der Waals surface area (Å²) in [5.74, 6) is 0.843. The Balaban J connectivity index is 2.15. The molecule has 2 rings (SSSR count). The highest BCUT2D eigenvalue weighted by Gasteiger charge is 2.45. The van der Waals surface area contributed by atoms with Crippen LogP contribution in [0.4, 0.5) is 0 Å². The smallest absolute Gasteiger partial charge is 0.0830 e. The van der Waals surface area contributed by atoms with E-state index in [1.54, 1.807) is 0 Å². The Kier molecular flexibility index (Phi) is 1.08. The van der Waals surface area contributed by atoms with E-state index in [9.17, 15) is 10.2 Å². The Morgan fingerprint density at radius 1 is 0.889 bits per heavy atom. The Bertz CT molecular complexity index is 106. The molecule has 52 valence electrons. The summed E-state index contributed by atoms with van der Waals surface area (Å²) >= 11 is 0. The van der Waals surface area contributed by atoms with Gasteiger partial charge in [-0.3, -0.25) is 0 Å².